The summed E-state index contributed by atoms with van der Waals surface area (Å²) in [7, 11) is 0. The number of hydrogen-bond acceptors (Lipinski definition) is 3. The molecule has 1 aliphatic rings. The minimum atomic E-state index is -0.364. The minimum absolute atomic E-state index is 0.134. The van der Waals surface area contributed by atoms with Gasteiger partial charge < -0.3 is 4.74 Å². The third-order valence-electron chi connectivity index (χ3n) is 3.01. The highest BCUT2D eigenvalue weighted by molar-refractivity contribution is 5.91. The summed E-state index contributed by atoms with van der Waals surface area (Å²) in [6, 6.07) is 9.69. The summed E-state index contributed by atoms with van der Waals surface area (Å²) < 4.78 is 5.08. The van der Waals surface area contributed by atoms with Gasteiger partial charge in [-0.15, -0.1) is 0 Å². The lowest BCUT2D eigenvalue weighted by atomic mass is 9.90. The van der Waals surface area contributed by atoms with Gasteiger partial charge >= 0.3 is 5.97 Å². The third-order valence-corrected chi connectivity index (χ3v) is 3.01. The molecule has 1 aromatic rings. The summed E-state index contributed by atoms with van der Waals surface area (Å²) in [6.45, 7) is 4.20. The molecule has 0 fully saturated rings. The molecule has 0 saturated heterocycles. The molecular weight excluding hydrogens is 214 g/mol. The van der Waals surface area contributed by atoms with Gasteiger partial charge in [0.1, 0.15) is 0 Å². The maximum atomic E-state index is 11.8. The molecule has 3 nitrogen and oxygen atoms in total. The van der Waals surface area contributed by atoms with E-state index < -0.39 is 0 Å². The average molecular weight is 231 g/mol. The quantitative estimate of drug-likeness (QED) is 0.750. The van der Waals surface area contributed by atoms with Crippen LogP contribution in [0.25, 0.3) is 0 Å². The van der Waals surface area contributed by atoms with Crippen molar-refractivity contribution < 1.29 is 9.53 Å². The molecule has 1 unspecified atom stereocenters. The van der Waals surface area contributed by atoms with Gasteiger partial charge in [-0.2, -0.15) is 0 Å². The molecule has 0 spiro atoms. The zero-order valence-corrected chi connectivity index (χ0v) is 10.2. The van der Waals surface area contributed by atoms with Crippen molar-refractivity contribution in [2.75, 3.05) is 6.61 Å². The molecule has 0 aliphatic carbocycles. The van der Waals surface area contributed by atoms with Gasteiger partial charge in [-0.3, -0.25) is 4.99 Å². The molecule has 2 atom stereocenters. The van der Waals surface area contributed by atoms with Crippen LogP contribution in [0.4, 0.5) is 0 Å². The van der Waals surface area contributed by atoms with Crippen molar-refractivity contribution in [1.29, 1.82) is 0 Å². The lowest BCUT2D eigenvalue weighted by Crippen LogP contribution is -2.25. The maximum Gasteiger partial charge on any atom is 0.331 e. The van der Waals surface area contributed by atoms with E-state index in [0.29, 0.717) is 6.61 Å². The Morgan fingerprint density at radius 3 is 2.76 bits per heavy atom. The van der Waals surface area contributed by atoms with Gasteiger partial charge in [0.2, 0.25) is 0 Å². The van der Waals surface area contributed by atoms with Crippen molar-refractivity contribution in [3.8, 4) is 0 Å². The molecule has 1 aliphatic heterocycles. The Morgan fingerprint density at radius 1 is 1.41 bits per heavy atom. The number of hydrogen-bond donors (Lipinski definition) is 0. The second-order valence-electron chi connectivity index (χ2n) is 4.28. The molecule has 0 amide bonds. The molecule has 90 valence electrons. The first-order chi connectivity index (χ1) is 8.22. The second kappa shape index (κ2) is 5.13. The molecule has 0 N–H and O–H groups in total. The number of rotatable bonds is 3. The highest BCUT2D eigenvalue weighted by atomic mass is 16.5. The zero-order chi connectivity index (χ0) is 12.3. The monoisotopic (exact) mass is 231 g/mol. The van der Waals surface area contributed by atoms with Crippen LogP contribution in [0.2, 0.25) is 0 Å². The molecule has 0 bridgehead atoms. The van der Waals surface area contributed by atoms with Crippen molar-refractivity contribution in [1.82, 2.24) is 0 Å². The van der Waals surface area contributed by atoms with E-state index in [9.17, 15) is 4.79 Å². The lowest BCUT2D eigenvalue weighted by Gasteiger charge is -2.16. The number of aliphatic imine (C=N–C) groups is 1. The van der Waals surface area contributed by atoms with Crippen LogP contribution >= 0.6 is 0 Å². The van der Waals surface area contributed by atoms with Crippen LogP contribution in [0.5, 0.6) is 0 Å². The number of carbonyl (C=O) groups excluding carboxylic acids is 1. The summed E-state index contributed by atoms with van der Waals surface area (Å²) in [6.07, 6.45) is 0.841. The Bertz CT molecular complexity index is 425. The Morgan fingerprint density at radius 2 is 2.12 bits per heavy atom. The maximum absolute atomic E-state index is 11.8. The van der Waals surface area contributed by atoms with Gasteiger partial charge in [0.25, 0.3) is 0 Å². The van der Waals surface area contributed by atoms with Gasteiger partial charge in [-0.1, -0.05) is 30.3 Å². The predicted octanol–water partition coefficient (Wildman–Crippen LogP) is 2.57. The Labute approximate surface area is 102 Å². The van der Waals surface area contributed by atoms with Gasteiger partial charge in [0.15, 0.2) is 6.04 Å². The van der Waals surface area contributed by atoms with E-state index in [0.717, 1.165) is 17.7 Å². The number of benzene rings is 1. The molecule has 0 radical (unpaired) electrons. The SMILES string of the molecule is CCOC(=O)[C@H]1N=C(C)CC1c1ccccc1. The van der Waals surface area contributed by atoms with Crippen molar-refractivity contribution in [2.24, 2.45) is 4.99 Å². The van der Waals surface area contributed by atoms with E-state index in [2.05, 4.69) is 4.99 Å². The highest BCUT2D eigenvalue weighted by Crippen LogP contribution is 2.32. The summed E-state index contributed by atoms with van der Waals surface area (Å²) in [5.41, 5.74) is 2.18. The molecule has 2 rings (SSSR count). The van der Waals surface area contributed by atoms with Crippen LogP contribution in [0.15, 0.2) is 35.3 Å². The predicted molar refractivity (Wildman–Crippen MR) is 67.3 cm³/mol. The van der Waals surface area contributed by atoms with E-state index in [-0.39, 0.29) is 17.9 Å². The zero-order valence-electron chi connectivity index (χ0n) is 10.2. The van der Waals surface area contributed by atoms with E-state index in [4.69, 9.17) is 4.74 Å². The second-order valence-corrected chi connectivity index (χ2v) is 4.28. The van der Waals surface area contributed by atoms with Gasteiger partial charge in [-0.05, 0) is 25.8 Å². The van der Waals surface area contributed by atoms with Gasteiger partial charge in [-0.25, -0.2) is 4.79 Å². The third kappa shape index (κ3) is 2.54. The van der Waals surface area contributed by atoms with Crippen molar-refractivity contribution in [2.45, 2.75) is 32.2 Å². The number of nitrogens with zero attached hydrogens (tertiary/aromatic N) is 1. The summed E-state index contributed by atoms with van der Waals surface area (Å²) >= 11 is 0. The fourth-order valence-electron chi connectivity index (χ4n) is 2.25. The lowest BCUT2D eigenvalue weighted by molar-refractivity contribution is -0.144. The summed E-state index contributed by atoms with van der Waals surface area (Å²) in [5.74, 6) is -0.0755. The topological polar surface area (TPSA) is 38.7 Å². The molecule has 0 aromatic heterocycles. The van der Waals surface area contributed by atoms with Crippen molar-refractivity contribution in [3.05, 3.63) is 35.9 Å². The van der Waals surface area contributed by atoms with E-state index in [1.165, 1.54) is 0 Å². The fraction of sp³-hybridized carbons (Fsp3) is 0.429. The normalized spacial score (nSPS) is 23.3. The van der Waals surface area contributed by atoms with E-state index in [1.807, 2.05) is 44.2 Å². The van der Waals surface area contributed by atoms with E-state index >= 15 is 0 Å². The van der Waals surface area contributed by atoms with Crippen LogP contribution in [0.1, 0.15) is 31.7 Å². The molecule has 1 aromatic carbocycles. The molecule has 1 heterocycles. The Balaban J connectivity index is 2.21. The first-order valence-electron chi connectivity index (χ1n) is 5.97. The van der Waals surface area contributed by atoms with Crippen molar-refractivity contribution >= 4 is 11.7 Å². The van der Waals surface area contributed by atoms with Crippen LogP contribution in [-0.4, -0.2) is 24.3 Å². The standard InChI is InChI=1S/C14H17NO2/c1-3-17-14(16)13-12(9-10(2)15-13)11-7-5-4-6-8-11/h4-8,12-13H,3,9H2,1-2H3/t12?,13-/m0/s1. The first-order valence-corrected chi connectivity index (χ1v) is 5.97. The fourth-order valence-corrected chi connectivity index (χ4v) is 2.25. The minimum Gasteiger partial charge on any atom is -0.464 e. The molecule has 17 heavy (non-hydrogen) atoms. The van der Waals surface area contributed by atoms with E-state index in [1.54, 1.807) is 0 Å². The van der Waals surface area contributed by atoms with Crippen LogP contribution in [0.3, 0.4) is 0 Å². The van der Waals surface area contributed by atoms with Crippen LogP contribution in [-0.2, 0) is 9.53 Å². The van der Waals surface area contributed by atoms with Crippen LogP contribution < -0.4 is 0 Å². The number of carbonyl (C=O) groups is 1. The molecular formula is C14H17NO2. The van der Waals surface area contributed by atoms with Crippen molar-refractivity contribution in [3.63, 3.8) is 0 Å². The Hall–Kier alpha value is -1.64. The Kier molecular flexibility index (Phi) is 3.57. The molecule has 0 saturated carbocycles. The van der Waals surface area contributed by atoms with Gasteiger partial charge in [0.05, 0.1) is 6.61 Å². The number of ether oxygens (including phenoxy) is 1. The first kappa shape index (κ1) is 11.8. The van der Waals surface area contributed by atoms with Crippen LogP contribution in [0, 0.1) is 0 Å². The molecule has 3 heteroatoms. The average Bonchev–Trinajstić information content (AvgIpc) is 2.73. The van der Waals surface area contributed by atoms with Gasteiger partial charge in [0, 0.05) is 11.6 Å². The smallest absolute Gasteiger partial charge is 0.331 e. The number of esters is 1. The largest absolute Gasteiger partial charge is 0.464 e. The highest BCUT2D eigenvalue weighted by Gasteiger charge is 2.35. The summed E-state index contributed by atoms with van der Waals surface area (Å²) in [5, 5.41) is 0. The summed E-state index contributed by atoms with van der Waals surface area (Å²) in [4.78, 5) is 16.3.